The van der Waals surface area contributed by atoms with Gasteiger partial charge in [-0.25, -0.2) is 14.5 Å². The Hall–Kier alpha value is -2.90. The van der Waals surface area contributed by atoms with Gasteiger partial charge in [0.15, 0.2) is 19.8 Å². The van der Waals surface area contributed by atoms with Gasteiger partial charge in [-0.05, 0) is 47.9 Å². The Morgan fingerprint density at radius 2 is 1.87 bits per heavy atom. The molecule has 0 fully saturated rings. The molecule has 11 nitrogen and oxygen atoms in total. The number of hydrogen-bond donors (Lipinski definition) is 2. The van der Waals surface area contributed by atoms with Crippen molar-refractivity contribution >= 4 is 37.7 Å². The molecule has 0 saturated heterocycles. The minimum Gasteiger partial charge on any atom is -0.465 e. The average molecular weight is 465 g/mol. The van der Waals surface area contributed by atoms with Gasteiger partial charge in [0.2, 0.25) is 0 Å². The van der Waals surface area contributed by atoms with E-state index in [4.69, 9.17) is 14.6 Å². The van der Waals surface area contributed by atoms with E-state index in [0.29, 0.717) is 17.9 Å². The summed E-state index contributed by atoms with van der Waals surface area (Å²) in [6.07, 6.45) is -3.21. The number of carboxylic acid groups (broad SMARTS) is 2. The van der Waals surface area contributed by atoms with Crippen LogP contribution in [0.5, 0.6) is 0 Å². The number of nitrogens with zero attached hydrogens (tertiary/aromatic N) is 6. The molecule has 0 aliphatic rings. The van der Waals surface area contributed by atoms with Crippen LogP contribution >= 0.6 is 11.5 Å². The molecule has 3 aromatic heterocycles. The third-order valence-electron chi connectivity index (χ3n) is 5.29. The van der Waals surface area contributed by atoms with Crippen molar-refractivity contribution < 1.29 is 24.2 Å². The number of fused-ring (bicyclic) bond motifs is 1. The number of amides is 2. The fourth-order valence-corrected chi connectivity index (χ4v) is 4.05. The Labute approximate surface area is 183 Å². The standard InChI is InChI=1S/C18H24N6O5SSi/c1-18(2,3)31(4,5)29-10-11-8-13(30-22-11)12-6-7-14-19-20-15(24(14)21-12)9-23(16(25)26)17(27)28/h6-8H,9-10H2,1-5H3,(H,25,26)(H,27,28). The van der Waals surface area contributed by atoms with E-state index in [2.05, 4.69) is 53.5 Å². The second-order valence-corrected chi connectivity index (χ2v) is 14.1. The summed E-state index contributed by atoms with van der Waals surface area (Å²) in [5.74, 6) is 0.0904. The van der Waals surface area contributed by atoms with E-state index in [-0.39, 0.29) is 15.8 Å². The van der Waals surface area contributed by atoms with Crippen molar-refractivity contribution in [2.75, 3.05) is 0 Å². The molecule has 2 amide bonds. The van der Waals surface area contributed by atoms with Gasteiger partial charge in [-0.2, -0.15) is 14.0 Å². The first-order chi connectivity index (χ1) is 14.4. The van der Waals surface area contributed by atoms with E-state index >= 15 is 0 Å². The predicted octanol–water partition coefficient (Wildman–Crippen LogP) is 3.93. The van der Waals surface area contributed by atoms with Crippen LogP contribution in [0.2, 0.25) is 18.1 Å². The van der Waals surface area contributed by atoms with E-state index in [0.717, 1.165) is 10.6 Å². The summed E-state index contributed by atoms with van der Waals surface area (Å²) in [5.41, 5.74) is 1.76. The molecule has 0 radical (unpaired) electrons. The van der Waals surface area contributed by atoms with Gasteiger partial charge in [-0.1, -0.05) is 20.8 Å². The Bertz CT molecular complexity index is 1110. The monoisotopic (exact) mass is 464 g/mol. The Balaban J connectivity index is 1.83. The summed E-state index contributed by atoms with van der Waals surface area (Å²) >= 11 is 1.27. The van der Waals surface area contributed by atoms with Crippen molar-refractivity contribution in [3.05, 3.63) is 29.7 Å². The van der Waals surface area contributed by atoms with Crippen LogP contribution in [0.15, 0.2) is 18.2 Å². The van der Waals surface area contributed by atoms with Crippen molar-refractivity contribution in [3.8, 4) is 10.6 Å². The molecule has 0 aromatic carbocycles. The van der Waals surface area contributed by atoms with Crippen molar-refractivity contribution in [1.29, 1.82) is 0 Å². The fourth-order valence-electron chi connectivity index (χ4n) is 2.39. The summed E-state index contributed by atoms with van der Waals surface area (Å²) in [7, 11) is -1.90. The number of carbonyl (C=O) groups is 2. The second kappa shape index (κ2) is 8.32. The number of hydrogen-bond acceptors (Lipinski definition) is 8. The van der Waals surface area contributed by atoms with Crippen LogP contribution in [0.3, 0.4) is 0 Å². The quantitative estimate of drug-likeness (QED) is 0.518. The van der Waals surface area contributed by atoms with E-state index in [1.54, 1.807) is 12.1 Å². The minimum absolute atomic E-state index is 0.0904. The molecule has 0 aliphatic heterocycles. The van der Waals surface area contributed by atoms with Crippen LogP contribution in [0.25, 0.3) is 16.2 Å². The fraction of sp³-hybridized carbons (Fsp3) is 0.444. The summed E-state index contributed by atoms with van der Waals surface area (Å²) < 4.78 is 12.0. The van der Waals surface area contributed by atoms with Crippen LogP contribution in [-0.2, 0) is 17.6 Å². The second-order valence-electron chi connectivity index (χ2n) is 8.49. The smallest absolute Gasteiger partial charge is 0.417 e. The molecule has 2 N–H and O–H groups in total. The Kier molecular flexibility index (Phi) is 6.11. The highest BCUT2D eigenvalue weighted by atomic mass is 32.1. The maximum atomic E-state index is 11.1. The zero-order valence-electron chi connectivity index (χ0n) is 17.9. The molecular weight excluding hydrogens is 440 g/mol. The molecule has 3 rings (SSSR count). The highest BCUT2D eigenvalue weighted by Gasteiger charge is 2.37. The van der Waals surface area contributed by atoms with Gasteiger partial charge in [0.05, 0.1) is 23.7 Å². The van der Waals surface area contributed by atoms with Crippen molar-refractivity contribution in [1.82, 2.24) is 29.1 Å². The molecular formula is C18H24N6O5SSi. The van der Waals surface area contributed by atoms with Gasteiger partial charge in [-0.15, -0.1) is 10.2 Å². The molecule has 3 aromatic rings. The molecule has 0 unspecified atom stereocenters. The minimum atomic E-state index is -1.90. The predicted molar refractivity (Wildman–Crippen MR) is 115 cm³/mol. The lowest BCUT2D eigenvalue weighted by Gasteiger charge is -2.35. The van der Waals surface area contributed by atoms with Gasteiger partial charge in [0.25, 0.3) is 0 Å². The van der Waals surface area contributed by atoms with Gasteiger partial charge in [-0.3, -0.25) is 0 Å². The van der Waals surface area contributed by atoms with E-state index in [1.165, 1.54) is 16.0 Å². The average Bonchev–Trinajstić information content (AvgIpc) is 3.29. The molecule has 0 bridgehead atoms. The third-order valence-corrected chi connectivity index (χ3v) is 10.6. The maximum Gasteiger partial charge on any atom is 0.417 e. The first-order valence-electron chi connectivity index (χ1n) is 9.44. The zero-order chi connectivity index (χ0) is 23.0. The molecule has 3 heterocycles. The van der Waals surface area contributed by atoms with E-state index < -0.39 is 27.0 Å². The van der Waals surface area contributed by atoms with Gasteiger partial charge in [0, 0.05) is 0 Å². The highest BCUT2D eigenvalue weighted by molar-refractivity contribution is 7.09. The molecule has 31 heavy (non-hydrogen) atoms. The largest absolute Gasteiger partial charge is 0.465 e. The first kappa shape index (κ1) is 22.8. The zero-order valence-corrected chi connectivity index (χ0v) is 19.7. The molecule has 166 valence electrons. The molecule has 0 saturated carbocycles. The van der Waals surface area contributed by atoms with E-state index in [1.807, 2.05) is 6.07 Å². The van der Waals surface area contributed by atoms with Crippen LogP contribution in [-0.4, -0.2) is 59.8 Å². The number of aromatic nitrogens is 5. The van der Waals surface area contributed by atoms with Crippen LogP contribution in [0, 0.1) is 0 Å². The number of rotatable bonds is 6. The molecule has 13 heteroatoms. The van der Waals surface area contributed by atoms with Crippen LogP contribution in [0.4, 0.5) is 9.59 Å². The normalized spacial score (nSPS) is 12.3. The van der Waals surface area contributed by atoms with Crippen molar-refractivity contribution in [2.45, 2.75) is 52.1 Å². The van der Waals surface area contributed by atoms with Gasteiger partial charge < -0.3 is 14.6 Å². The molecule has 0 atom stereocenters. The summed E-state index contributed by atoms with van der Waals surface area (Å²) in [5, 5.41) is 30.5. The topological polar surface area (TPSA) is 143 Å². The van der Waals surface area contributed by atoms with Gasteiger partial charge >= 0.3 is 12.2 Å². The summed E-state index contributed by atoms with van der Waals surface area (Å²) in [6, 6.07) is 5.33. The lowest BCUT2D eigenvalue weighted by atomic mass is 10.2. The lowest BCUT2D eigenvalue weighted by Crippen LogP contribution is -2.40. The van der Waals surface area contributed by atoms with E-state index in [9.17, 15) is 9.59 Å². The lowest BCUT2D eigenvalue weighted by molar-refractivity contribution is 0.119. The SMILES string of the molecule is CC(C)(C)[Si](C)(C)OCc1cc(-c2ccc3nnc(CN(C(=O)O)C(=O)O)n3n2)sn1. The van der Waals surface area contributed by atoms with Crippen LogP contribution in [0.1, 0.15) is 32.3 Å². The third kappa shape index (κ3) is 4.89. The van der Waals surface area contributed by atoms with Crippen molar-refractivity contribution in [2.24, 2.45) is 0 Å². The Morgan fingerprint density at radius 1 is 1.19 bits per heavy atom. The Morgan fingerprint density at radius 3 is 2.48 bits per heavy atom. The van der Waals surface area contributed by atoms with Gasteiger partial charge in [0.1, 0.15) is 5.69 Å². The molecule has 0 aliphatic carbocycles. The van der Waals surface area contributed by atoms with Crippen LogP contribution < -0.4 is 0 Å². The number of imide groups is 1. The first-order valence-corrected chi connectivity index (χ1v) is 13.1. The highest BCUT2D eigenvalue weighted by Crippen LogP contribution is 2.37. The summed E-state index contributed by atoms with van der Waals surface area (Å²) in [4.78, 5) is 23.3. The maximum absolute atomic E-state index is 11.1. The molecule has 0 spiro atoms. The van der Waals surface area contributed by atoms with Crippen molar-refractivity contribution in [3.63, 3.8) is 0 Å². The summed E-state index contributed by atoms with van der Waals surface area (Å²) in [6.45, 7) is 10.8.